The second kappa shape index (κ2) is 9.75. The molecular formula is C28H25NO5. The molecule has 1 amide bonds. The minimum atomic E-state index is -0.433. The Morgan fingerprint density at radius 3 is 1.41 bits per heavy atom. The molecule has 0 aliphatic carbocycles. The predicted octanol–water partition coefficient (Wildman–Crippen LogP) is 5.39. The van der Waals surface area contributed by atoms with Crippen molar-refractivity contribution in [2.45, 2.75) is 33.9 Å². The molecule has 0 bridgehead atoms. The van der Waals surface area contributed by atoms with Crippen molar-refractivity contribution in [2.24, 2.45) is 0 Å². The molecular weight excluding hydrogens is 430 g/mol. The van der Waals surface area contributed by atoms with Crippen LogP contribution in [0.3, 0.4) is 0 Å². The normalized spacial score (nSPS) is 10.8. The summed E-state index contributed by atoms with van der Waals surface area (Å²) in [5.41, 5.74) is 1.47. The zero-order valence-electron chi connectivity index (χ0n) is 19.3. The van der Waals surface area contributed by atoms with Crippen LogP contribution in [-0.4, -0.2) is 22.7 Å². The van der Waals surface area contributed by atoms with E-state index >= 15 is 0 Å². The van der Waals surface area contributed by atoms with Crippen LogP contribution in [0.2, 0.25) is 0 Å². The first-order chi connectivity index (χ1) is 16.3. The number of rotatable bonds is 6. The first-order valence-electron chi connectivity index (χ1n) is 11.0. The Labute approximate surface area is 197 Å². The van der Waals surface area contributed by atoms with Gasteiger partial charge in [-0.05, 0) is 33.7 Å². The van der Waals surface area contributed by atoms with Crippen molar-refractivity contribution in [1.29, 1.82) is 0 Å². The largest absolute Gasteiger partial charge is 0.426 e. The zero-order chi connectivity index (χ0) is 24.2. The van der Waals surface area contributed by atoms with Gasteiger partial charge in [0.05, 0.1) is 13.1 Å². The highest BCUT2D eigenvalue weighted by atomic mass is 16.5. The average molecular weight is 456 g/mol. The highest BCUT2D eigenvalue weighted by Gasteiger charge is 2.20. The van der Waals surface area contributed by atoms with E-state index in [0.717, 1.165) is 32.7 Å². The quantitative estimate of drug-likeness (QED) is 0.288. The third kappa shape index (κ3) is 4.91. The molecule has 4 rings (SSSR count). The van der Waals surface area contributed by atoms with Crippen LogP contribution in [0.4, 0.5) is 0 Å². The predicted molar refractivity (Wildman–Crippen MR) is 130 cm³/mol. The van der Waals surface area contributed by atoms with Crippen molar-refractivity contribution >= 4 is 39.4 Å². The summed E-state index contributed by atoms with van der Waals surface area (Å²) in [6.07, 6.45) is 0. The molecule has 0 spiro atoms. The van der Waals surface area contributed by atoms with Crippen LogP contribution in [0.15, 0.2) is 72.8 Å². The fraction of sp³-hybridized carbons (Fsp3) is 0.179. The smallest absolute Gasteiger partial charge is 0.308 e. The summed E-state index contributed by atoms with van der Waals surface area (Å²) in [4.78, 5) is 38.0. The SMILES string of the molecule is CC(=O)Oc1ccc2ccccc2c1CN(Cc1c(OC(C)=O)ccc2ccccc12)C(C)=O. The Morgan fingerprint density at radius 1 is 0.618 bits per heavy atom. The van der Waals surface area contributed by atoms with E-state index in [1.807, 2.05) is 60.7 Å². The number of ether oxygens (including phenoxy) is 2. The van der Waals surface area contributed by atoms with Crippen molar-refractivity contribution in [2.75, 3.05) is 0 Å². The number of carbonyl (C=O) groups is 3. The molecule has 0 saturated heterocycles. The maximum absolute atomic E-state index is 12.8. The number of fused-ring (bicyclic) bond motifs is 2. The lowest BCUT2D eigenvalue weighted by Crippen LogP contribution is -2.28. The molecule has 0 fully saturated rings. The number of esters is 2. The lowest BCUT2D eigenvalue weighted by molar-refractivity contribution is -0.132. The Morgan fingerprint density at radius 2 is 1.03 bits per heavy atom. The Bertz CT molecular complexity index is 1310. The second-order valence-corrected chi connectivity index (χ2v) is 8.09. The highest BCUT2D eigenvalue weighted by Crippen LogP contribution is 2.33. The van der Waals surface area contributed by atoms with Gasteiger partial charge in [-0.25, -0.2) is 0 Å². The average Bonchev–Trinajstić information content (AvgIpc) is 2.80. The lowest BCUT2D eigenvalue weighted by Gasteiger charge is -2.25. The molecule has 0 heterocycles. The molecule has 34 heavy (non-hydrogen) atoms. The van der Waals surface area contributed by atoms with Crippen molar-refractivity contribution in [3.05, 3.63) is 83.9 Å². The summed E-state index contributed by atoms with van der Waals surface area (Å²) in [7, 11) is 0. The number of amides is 1. The van der Waals surface area contributed by atoms with Gasteiger partial charge < -0.3 is 14.4 Å². The second-order valence-electron chi connectivity index (χ2n) is 8.09. The molecule has 4 aromatic rings. The van der Waals surface area contributed by atoms with E-state index in [0.29, 0.717) is 11.5 Å². The van der Waals surface area contributed by atoms with Gasteiger partial charge in [0.1, 0.15) is 11.5 Å². The fourth-order valence-corrected chi connectivity index (χ4v) is 4.12. The molecule has 0 saturated carbocycles. The van der Waals surface area contributed by atoms with E-state index in [2.05, 4.69) is 0 Å². The molecule has 172 valence electrons. The van der Waals surface area contributed by atoms with Crippen LogP contribution in [-0.2, 0) is 27.5 Å². The first-order valence-corrected chi connectivity index (χ1v) is 11.0. The summed E-state index contributed by atoms with van der Waals surface area (Å²) in [5.74, 6) is -0.205. The van der Waals surface area contributed by atoms with E-state index < -0.39 is 11.9 Å². The van der Waals surface area contributed by atoms with Gasteiger partial charge in [-0.2, -0.15) is 0 Å². The number of carbonyl (C=O) groups excluding carboxylic acids is 3. The van der Waals surface area contributed by atoms with Gasteiger partial charge in [-0.15, -0.1) is 0 Å². The maximum Gasteiger partial charge on any atom is 0.308 e. The van der Waals surface area contributed by atoms with Crippen LogP contribution in [0.5, 0.6) is 11.5 Å². The van der Waals surface area contributed by atoms with Gasteiger partial charge in [-0.3, -0.25) is 14.4 Å². The third-order valence-corrected chi connectivity index (χ3v) is 5.65. The number of hydrogen-bond acceptors (Lipinski definition) is 5. The summed E-state index contributed by atoms with van der Waals surface area (Å²) in [6.45, 7) is 4.61. The van der Waals surface area contributed by atoms with Gasteiger partial charge in [0.15, 0.2) is 0 Å². The Kier molecular flexibility index (Phi) is 6.59. The summed E-state index contributed by atoms with van der Waals surface area (Å²) >= 11 is 0. The van der Waals surface area contributed by atoms with Crippen molar-refractivity contribution in [3.63, 3.8) is 0 Å². The highest BCUT2D eigenvalue weighted by molar-refractivity contribution is 5.90. The minimum Gasteiger partial charge on any atom is -0.426 e. The molecule has 0 radical (unpaired) electrons. The minimum absolute atomic E-state index is 0.164. The van der Waals surface area contributed by atoms with Gasteiger partial charge in [0.2, 0.25) is 5.91 Å². The van der Waals surface area contributed by atoms with Crippen LogP contribution in [0.25, 0.3) is 21.5 Å². The van der Waals surface area contributed by atoms with Crippen LogP contribution >= 0.6 is 0 Å². The molecule has 0 N–H and O–H groups in total. The standard InChI is InChI=1S/C28H25NO5/c1-18(30)29(16-25-23-10-6-4-8-21(23)12-14-27(25)33-19(2)31)17-26-24-11-7-5-9-22(24)13-15-28(26)34-20(3)32/h4-15H,16-17H2,1-3H3. The van der Waals surface area contributed by atoms with Gasteiger partial charge in [0, 0.05) is 31.9 Å². The Balaban J connectivity index is 1.81. The molecule has 0 unspecified atom stereocenters. The van der Waals surface area contributed by atoms with Crippen molar-refractivity contribution in [3.8, 4) is 11.5 Å². The van der Waals surface area contributed by atoms with E-state index in [4.69, 9.17) is 9.47 Å². The van der Waals surface area contributed by atoms with Crippen LogP contribution in [0, 0.1) is 0 Å². The van der Waals surface area contributed by atoms with E-state index in [-0.39, 0.29) is 19.0 Å². The molecule has 4 aromatic carbocycles. The number of benzene rings is 4. The summed E-state index contributed by atoms with van der Waals surface area (Å²) in [6, 6.07) is 22.8. The summed E-state index contributed by atoms with van der Waals surface area (Å²) in [5, 5.41) is 3.74. The number of hydrogen-bond donors (Lipinski definition) is 0. The van der Waals surface area contributed by atoms with E-state index in [1.165, 1.54) is 20.8 Å². The third-order valence-electron chi connectivity index (χ3n) is 5.65. The van der Waals surface area contributed by atoms with Crippen molar-refractivity contribution < 1.29 is 23.9 Å². The summed E-state index contributed by atoms with van der Waals surface area (Å²) < 4.78 is 11.0. The molecule has 6 nitrogen and oxygen atoms in total. The molecule has 0 aliphatic heterocycles. The zero-order valence-corrected chi connectivity index (χ0v) is 19.3. The van der Waals surface area contributed by atoms with E-state index in [9.17, 15) is 14.4 Å². The van der Waals surface area contributed by atoms with Crippen molar-refractivity contribution in [1.82, 2.24) is 4.90 Å². The molecule has 0 aromatic heterocycles. The Hall–Kier alpha value is -4.19. The van der Waals surface area contributed by atoms with Gasteiger partial charge >= 0.3 is 11.9 Å². The fourth-order valence-electron chi connectivity index (χ4n) is 4.12. The van der Waals surface area contributed by atoms with E-state index in [1.54, 1.807) is 17.0 Å². The first kappa shape index (κ1) is 23.0. The van der Waals surface area contributed by atoms with Crippen LogP contribution in [0.1, 0.15) is 31.9 Å². The maximum atomic E-state index is 12.8. The lowest BCUT2D eigenvalue weighted by atomic mass is 10.0. The topological polar surface area (TPSA) is 72.9 Å². The van der Waals surface area contributed by atoms with Gasteiger partial charge in [0.25, 0.3) is 0 Å². The van der Waals surface area contributed by atoms with Crippen LogP contribution < -0.4 is 9.47 Å². The molecule has 0 atom stereocenters. The molecule has 0 aliphatic rings. The van der Waals surface area contributed by atoms with Gasteiger partial charge in [-0.1, -0.05) is 60.7 Å². The monoisotopic (exact) mass is 455 g/mol. The molecule has 6 heteroatoms. The number of nitrogens with zero attached hydrogens (tertiary/aromatic N) is 1.